The molecule has 0 bridgehead atoms. The van der Waals surface area contributed by atoms with Crippen molar-refractivity contribution in [3.8, 4) is 0 Å². The molecule has 0 spiro atoms. The van der Waals surface area contributed by atoms with Crippen molar-refractivity contribution in [2.24, 2.45) is 0 Å². The molecule has 3 aromatic rings. The predicted molar refractivity (Wildman–Crippen MR) is 114 cm³/mol. The molecular weight excluding hydrogens is 385 g/mol. The van der Waals surface area contributed by atoms with Crippen LogP contribution in [0.2, 0.25) is 0 Å². The molecule has 30 heavy (non-hydrogen) atoms. The number of amides is 2. The average molecular weight is 407 g/mol. The minimum Gasteiger partial charge on any atom is -0.326 e. The van der Waals surface area contributed by atoms with Gasteiger partial charge in [0.15, 0.2) is 0 Å². The molecule has 0 saturated carbocycles. The molecule has 0 fully saturated rings. The van der Waals surface area contributed by atoms with Crippen LogP contribution >= 0.6 is 0 Å². The molecule has 0 radical (unpaired) electrons. The van der Waals surface area contributed by atoms with Crippen LogP contribution in [0.15, 0.2) is 65.6 Å². The van der Waals surface area contributed by atoms with Crippen molar-refractivity contribution in [2.75, 3.05) is 10.6 Å². The summed E-state index contributed by atoms with van der Waals surface area (Å²) in [5, 5.41) is 5.35. The fourth-order valence-corrected chi connectivity index (χ4v) is 2.96. The van der Waals surface area contributed by atoms with E-state index in [2.05, 4.69) is 10.6 Å². The van der Waals surface area contributed by atoms with Crippen LogP contribution in [0.1, 0.15) is 27.9 Å². The average Bonchev–Trinajstić information content (AvgIpc) is 2.70. The molecule has 1 heterocycles. The molecule has 0 aliphatic rings. The minimum atomic E-state index is -0.641. The van der Waals surface area contributed by atoms with Crippen LogP contribution in [-0.2, 0) is 11.3 Å². The number of nitrogens with one attached hydrogen (secondary N) is 2. The van der Waals surface area contributed by atoms with Gasteiger partial charge in [0.1, 0.15) is 5.82 Å². The normalized spacial score (nSPS) is 10.5. The Hall–Kier alpha value is -3.74. The first-order chi connectivity index (χ1) is 14.3. The Balaban J connectivity index is 1.69. The van der Waals surface area contributed by atoms with Gasteiger partial charge in [-0.25, -0.2) is 4.39 Å². The molecule has 0 saturated heterocycles. The molecule has 154 valence electrons. The van der Waals surface area contributed by atoms with E-state index in [1.54, 1.807) is 24.4 Å². The van der Waals surface area contributed by atoms with Crippen molar-refractivity contribution in [3.63, 3.8) is 0 Å². The molecule has 1 aromatic heterocycles. The summed E-state index contributed by atoms with van der Waals surface area (Å²) in [5.74, 6) is -1.51. The number of hydrogen-bond donors (Lipinski definition) is 2. The van der Waals surface area contributed by atoms with Crippen LogP contribution in [0.4, 0.5) is 15.8 Å². The second-order valence-corrected chi connectivity index (χ2v) is 6.96. The van der Waals surface area contributed by atoms with E-state index < -0.39 is 17.6 Å². The quantitative estimate of drug-likeness (QED) is 0.651. The van der Waals surface area contributed by atoms with Crippen molar-refractivity contribution in [1.82, 2.24) is 4.57 Å². The van der Waals surface area contributed by atoms with Crippen LogP contribution in [0, 0.1) is 19.7 Å². The van der Waals surface area contributed by atoms with E-state index in [-0.39, 0.29) is 29.8 Å². The summed E-state index contributed by atoms with van der Waals surface area (Å²) in [4.78, 5) is 36.5. The van der Waals surface area contributed by atoms with E-state index in [1.807, 2.05) is 26.0 Å². The van der Waals surface area contributed by atoms with E-state index in [4.69, 9.17) is 0 Å². The summed E-state index contributed by atoms with van der Waals surface area (Å²) in [6.45, 7) is 4.02. The van der Waals surface area contributed by atoms with Crippen LogP contribution < -0.4 is 16.2 Å². The van der Waals surface area contributed by atoms with Crippen molar-refractivity contribution in [1.29, 1.82) is 0 Å². The zero-order valence-corrected chi connectivity index (χ0v) is 16.7. The smallest absolute Gasteiger partial charge is 0.255 e. The van der Waals surface area contributed by atoms with E-state index in [0.29, 0.717) is 5.69 Å². The summed E-state index contributed by atoms with van der Waals surface area (Å²) in [6.07, 6.45) is 1.62. The molecular formula is C23H22FN3O3. The van der Waals surface area contributed by atoms with Gasteiger partial charge in [-0.15, -0.1) is 0 Å². The number of aryl methyl sites for hydroxylation is 2. The number of pyridine rings is 1. The number of carbonyl (C=O) groups excluding carboxylic acids is 2. The lowest BCUT2D eigenvalue weighted by Crippen LogP contribution is -2.22. The summed E-state index contributed by atoms with van der Waals surface area (Å²) in [5.41, 5.74) is 2.64. The lowest BCUT2D eigenvalue weighted by Gasteiger charge is -2.12. The number of carbonyl (C=O) groups is 2. The van der Waals surface area contributed by atoms with Gasteiger partial charge >= 0.3 is 0 Å². The number of nitrogens with zero attached hydrogens (tertiary/aromatic N) is 1. The molecule has 0 aliphatic carbocycles. The first-order valence-corrected chi connectivity index (χ1v) is 9.47. The highest BCUT2D eigenvalue weighted by Crippen LogP contribution is 2.20. The van der Waals surface area contributed by atoms with E-state index in [1.165, 1.54) is 16.7 Å². The Kier molecular flexibility index (Phi) is 6.41. The standard InChI is InChI=1S/C23H22FN3O3/c1-15-6-5-7-20(16(15)2)26-23(30)17-12-18(24)14-19(13-17)25-21(28)9-11-27-10-4-3-8-22(27)29/h3-8,10,12-14H,9,11H2,1-2H3,(H,25,28)(H,26,30). The second-order valence-electron chi connectivity index (χ2n) is 6.96. The van der Waals surface area contributed by atoms with Gasteiger partial charge in [-0.2, -0.15) is 0 Å². The number of halogens is 1. The van der Waals surface area contributed by atoms with Crippen LogP contribution in [0.3, 0.4) is 0 Å². The van der Waals surface area contributed by atoms with Gasteiger partial charge in [-0.05, 0) is 55.3 Å². The zero-order valence-electron chi connectivity index (χ0n) is 16.7. The minimum absolute atomic E-state index is 0.0322. The first-order valence-electron chi connectivity index (χ1n) is 9.47. The fourth-order valence-electron chi connectivity index (χ4n) is 2.96. The highest BCUT2D eigenvalue weighted by molar-refractivity contribution is 6.05. The molecule has 7 heteroatoms. The van der Waals surface area contributed by atoms with E-state index in [9.17, 15) is 18.8 Å². The van der Waals surface area contributed by atoms with Gasteiger partial charge in [0.05, 0.1) is 0 Å². The summed E-state index contributed by atoms with van der Waals surface area (Å²) in [6, 6.07) is 13.9. The van der Waals surface area contributed by atoms with Crippen LogP contribution in [-0.4, -0.2) is 16.4 Å². The highest BCUT2D eigenvalue weighted by atomic mass is 19.1. The summed E-state index contributed by atoms with van der Waals surface area (Å²) in [7, 11) is 0. The van der Waals surface area contributed by atoms with Gasteiger partial charge in [-0.3, -0.25) is 14.4 Å². The lowest BCUT2D eigenvalue weighted by atomic mass is 10.1. The molecule has 0 atom stereocenters. The van der Waals surface area contributed by atoms with Gasteiger partial charge < -0.3 is 15.2 Å². The Bertz CT molecular complexity index is 1150. The number of benzene rings is 2. The predicted octanol–water partition coefficient (Wildman–Crippen LogP) is 3.89. The molecule has 2 N–H and O–H groups in total. The maximum absolute atomic E-state index is 14.0. The Morgan fingerprint density at radius 2 is 1.80 bits per heavy atom. The molecule has 2 amide bonds. The number of rotatable bonds is 6. The van der Waals surface area contributed by atoms with Crippen LogP contribution in [0.5, 0.6) is 0 Å². The molecule has 0 aliphatic heterocycles. The van der Waals surface area contributed by atoms with Gasteiger partial charge in [0.2, 0.25) is 5.91 Å². The zero-order chi connectivity index (χ0) is 21.7. The van der Waals surface area contributed by atoms with Gasteiger partial charge in [0.25, 0.3) is 11.5 Å². The number of anilines is 2. The fraction of sp³-hybridized carbons (Fsp3) is 0.174. The van der Waals surface area contributed by atoms with Crippen molar-refractivity contribution in [3.05, 3.63) is 93.7 Å². The first kappa shape index (κ1) is 21.0. The maximum atomic E-state index is 14.0. The largest absolute Gasteiger partial charge is 0.326 e. The number of hydrogen-bond acceptors (Lipinski definition) is 3. The van der Waals surface area contributed by atoms with Gasteiger partial charge in [0, 0.05) is 42.2 Å². The van der Waals surface area contributed by atoms with E-state index in [0.717, 1.165) is 23.3 Å². The summed E-state index contributed by atoms with van der Waals surface area (Å²) >= 11 is 0. The topological polar surface area (TPSA) is 80.2 Å². The third-order valence-corrected chi connectivity index (χ3v) is 4.78. The van der Waals surface area contributed by atoms with Gasteiger partial charge in [-0.1, -0.05) is 18.2 Å². The monoisotopic (exact) mass is 407 g/mol. The Labute approximate surface area is 173 Å². The van der Waals surface area contributed by atoms with Crippen molar-refractivity contribution < 1.29 is 14.0 Å². The SMILES string of the molecule is Cc1cccc(NC(=O)c2cc(F)cc(NC(=O)CCn3ccccc3=O)c2)c1C. The molecule has 0 unspecified atom stereocenters. The van der Waals surface area contributed by atoms with Crippen LogP contribution in [0.25, 0.3) is 0 Å². The molecule has 3 rings (SSSR count). The van der Waals surface area contributed by atoms with Crippen molar-refractivity contribution >= 4 is 23.2 Å². The Morgan fingerprint density at radius 3 is 2.57 bits per heavy atom. The summed E-state index contributed by atoms with van der Waals surface area (Å²) < 4.78 is 15.5. The second kappa shape index (κ2) is 9.17. The van der Waals surface area contributed by atoms with Crippen molar-refractivity contribution in [2.45, 2.75) is 26.8 Å². The van der Waals surface area contributed by atoms with E-state index >= 15 is 0 Å². The molecule has 2 aromatic carbocycles. The maximum Gasteiger partial charge on any atom is 0.255 e. The Morgan fingerprint density at radius 1 is 1.00 bits per heavy atom. The third-order valence-electron chi connectivity index (χ3n) is 4.78. The third kappa shape index (κ3) is 5.20. The number of aromatic nitrogens is 1. The molecule has 6 nitrogen and oxygen atoms in total. The highest BCUT2D eigenvalue weighted by Gasteiger charge is 2.13. The lowest BCUT2D eigenvalue weighted by molar-refractivity contribution is -0.116.